The van der Waals surface area contributed by atoms with Crippen molar-refractivity contribution in [3.63, 3.8) is 0 Å². The zero-order valence-electron chi connectivity index (χ0n) is 12.0. The van der Waals surface area contributed by atoms with Crippen LogP contribution in [0, 0.1) is 10.1 Å². The summed E-state index contributed by atoms with van der Waals surface area (Å²) in [6.45, 7) is 5.96. The number of hydrogen-bond donors (Lipinski definition) is 1. The van der Waals surface area contributed by atoms with Gasteiger partial charge in [-0.05, 0) is 39.2 Å². The molecule has 110 valence electrons. The number of alkyl carbamates (subject to hydrolysis) is 1. The van der Waals surface area contributed by atoms with Crippen molar-refractivity contribution in [3.05, 3.63) is 39.9 Å². The van der Waals surface area contributed by atoms with Gasteiger partial charge in [-0.2, -0.15) is 0 Å². The molecule has 0 saturated heterocycles. The monoisotopic (exact) mass is 280 g/mol. The minimum absolute atomic E-state index is 0.0783. The molecular formula is C14H20N2O4. The van der Waals surface area contributed by atoms with Gasteiger partial charge in [0.25, 0.3) is 5.69 Å². The number of amides is 1. The number of carbonyl (C=O) groups excluding carboxylic acids is 1. The van der Waals surface area contributed by atoms with Gasteiger partial charge < -0.3 is 10.1 Å². The van der Waals surface area contributed by atoms with Crippen molar-refractivity contribution in [2.45, 2.75) is 39.2 Å². The van der Waals surface area contributed by atoms with Crippen molar-refractivity contribution in [2.24, 2.45) is 0 Å². The number of nitrogens with one attached hydrogen (secondary N) is 1. The summed E-state index contributed by atoms with van der Waals surface area (Å²) in [5, 5.41) is 13.2. The molecule has 0 aliphatic carbocycles. The van der Waals surface area contributed by atoms with Crippen LogP contribution in [0.5, 0.6) is 0 Å². The van der Waals surface area contributed by atoms with Crippen LogP contribution in [0.4, 0.5) is 10.5 Å². The highest BCUT2D eigenvalue weighted by Gasteiger charge is 2.14. The lowest BCUT2D eigenvalue weighted by Gasteiger charge is -2.19. The number of ether oxygens (including phenoxy) is 1. The lowest BCUT2D eigenvalue weighted by Crippen LogP contribution is -2.41. The summed E-state index contributed by atoms with van der Waals surface area (Å²) < 4.78 is 5.04. The van der Waals surface area contributed by atoms with E-state index in [1.807, 2.05) is 20.8 Å². The van der Waals surface area contributed by atoms with Crippen molar-refractivity contribution in [2.75, 3.05) is 6.61 Å². The van der Waals surface area contributed by atoms with Crippen LogP contribution in [-0.2, 0) is 11.2 Å². The number of nitrogens with zero attached hydrogens (tertiary/aromatic N) is 1. The number of aryl methyl sites for hydroxylation is 1. The van der Waals surface area contributed by atoms with E-state index in [0.29, 0.717) is 19.4 Å². The normalized spacial score (nSPS) is 10.9. The van der Waals surface area contributed by atoms with Gasteiger partial charge >= 0.3 is 6.09 Å². The Labute approximate surface area is 118 Å². The van der Waals surface area contributed by atoms with Crippen LogP contribution in [0.1, 0.15) is 32.8 Å². The molecular weight excluding hydrogens is 260 g/mol. The Balaban J connectivity index is 2.27. The highest BCUT2D eigenvalue weighted by Crippen LogP contribution is 2.13. The van der Waals surface area contributed by atoms with E-state index in [1.54, 1.807) is 12.1 Å². The predicted octanol–water partition coefficient (Wildman–Crippen LogP) is 3.05. The zero-order valence-corrected chi connectivity index (χ0v) is 12.0. The molecule has 0 aromatic heterocycles. The van der Waals surface area contributed by atoms with E-state index in [4.69, 9.17) is 4.74 Å². The minimum atomic E-state index is -0.429. The van der Waals surface area contributed by atoms with E-state index in [0.717, 1.165) is 5.56 Å². The number of nitro benzene ring substituents is 1. The summed E-state index contributed by atoms with van der Waals surface area (Å²) in [5.74, 6) is 0. The molecule has 0 radical (unpaired) electrons. The molecule has 6 heteroatoms. The third-order valence-corrected chi connectivity index (χ3v) is 2.47. The second kappa shape index (κ2) is 6.88. The molecule has 0 aliphatic heterocycles. The molecule has 0 spiro atoms. The first kappa shape index (κ1) is 15.9. The van der Waals surface area contributed by atoms with Gasteiger partial charge in [-0.15, -0.1) is 0 Å². The zero-order chi connectivity index (χ0) is 15.2. The molecule has 0 atom stereocenters. The maximum atomic E-state index is 11.4. The van der Waals surface area contributed by atoms with Crippen molar-refractivity contribution in [1.29, 1.82) is 0 Å². The number of rotatable bonds is 5. The van der Waals surface area contributed by atoms with Crippen LogP contribution < -0.4 is 5.32 Å². The van der Waals surface area contributed by atoms with E-state index in [1.165, 1.54) is 12.1 Å². The van der Waals surface area contributed by atoms with Gasteiger partial charge in [-0.25, -0.2) is 4.79 Å². The van der Waals surface area contributed by atoms with Crippen molar-refractivity contribution >= 4 is 11.8 Å². The van der Waals surface area contributed by atoms with Gasteiger partial charge in [0, 0.05) is 17.7 Å². The molecule has 0 fully saturated rings. The molecule has 1 aromatic carbocycles. The molecule has 1 aromatic rings. The number of benzene rings is 1. The Morgan fingerprint density at radius 2 is 1.90 bits per heavy atom. The van der Waals surface area contributed by atoms with E-state index in [2.05, 4.69) is 5.32 Å². The first-order valence-electron chi connectivity index (χ1n) is 6.46. The minimum Gasteiger partial charge on any atom is -0.450 e. The van der Waals surface area contributed by atoms with Crippen molar-refractivity contribution < 1.29 is 14.5 Å². The topological polar surface area (TPSA) is 81.5 Å². The Morgan fingerprint density at radius 1 is 1.30 bits per heavy atom. The highest BCUT2D eigenvalue weighted by atomic mass is 16.6. The van der Waals surface area contributed by atoms with Crippen LogP contribution in [0.15, 0.2) is 24.3 Å². The lowest BCUT2D eigenvalue weighted by molar-refractivity contribution is -0.384. The van der Waals surface area contributed by atoms with E-state index in [9.17, 15) is 14.9 Å². The number of non-ortho nitro benzene ring substituents is 1. The van der Waals surface area contributed by atoms with Gasteiger partial charge in [-0.3, -0.25) is 10.1 Å². The van der Waals surface area contributed by atoms with Crippen LogP contribution in [0.2, 0.25) is 0 Å². The molecule has 1 rings (SSSR count). The second-order valence-corrected chi connectivity index (χ2v) is 5.54. The first-order chi connectivity index (χ1) is 9.28. The second-order valence-electron chi connectivity index (χ2n) is 5.54. The Kier molecular flexibility index (Phi) is 5.49. The van der Waals surface area contributed by atoms with Crippen LogP contribution in [0.3, 0.4) is 0 Å². The third kappa shape index (κ3) is 6.17. The van der Waals surface area contributed by atoms with Gasteiger partial charge in [0.15, 0.2) is 0 Å². The number of carbonyl (C=O) groups is 1. The smallest absolute Gasteiger partial charge is 0.407 e. The van der Waals surface area contributed by atoms with Crippen molar-refractivity contribution in [3.8, 4) is 0 Å². The van der Waals surface area contributed by atoms with Crippen molar-refractivity contribution in [1.82, 2.24) is 5.32 Å². The standard InChI is InChI=1S/C14H20N2O4/c1-14(2,3)15-13(17)20-10-4-5-11-6-8-12(9-7-11)16(18)19/h6-9H,4-5,10H2,1-3H3,(H,15,17). The largest absolute Gasteiger partial charge is 0.450 e. The van der Waals surface area contributed by atoms with E-state index < -0.39 is 11.0 Å². The quantitative estimate of drug-likeness (QED) is 0.510. The summed E-state index contributed by atoms with van der Waals surface area (Å²) in [4.78, 5) is 21.5. The highest BCUT2D eigenvalue weighted by molar-refractivity contribution is 5.67. The lowest BCUT2D eigenvalue weighted by atomic mass is 10.1. The molecule has 6 nitrogen and oxygen atoms in total. The summed E-state index contributed by atoms with van der Waals surface area (Å²) in [6.07, 6.45) is 0.956. The Hall–Kier alpha value is -2.11. The summed E-state index contributed by atoms with van der Waals surface area (Å²) in [6, 6.07) is 6.38. The van der Waals surface area contributed by atoms with Crippen LogP contribution in [-0.4, -0.2) is 23.2 Å². The number of nitro groups is 1. The molecule has 0 aliphatic rings. The molecule has 1 N–H and O–H groups in total. The van der Waals surface area contributed by atoms with Crippen LogP contribution >= 0.6 is 0 Å². The maximum Gasteiger partial charge on any atom is 0.407 e. The number of hydrogen-bond acceptors (Lipinski definition) is 4. The average molecular weight is 280 g/mol. The molecule has 1 amide bonds. The molecule has 0 heterocycles. The third-order valence-electron chi connectivity index (χ3n) is 2.47. The first-order valence-corrected chi connectivity index (χ1v) is 6.46. The predicted molar refractivity (Wildman–Crippen MR) is 75.7 cm³/mol. The van der Waals surface area contributed by atoms with Gasteiger partial charge in [0.1, 0.15) is 0 Å². The van der Waals surface area contributed by atoms with Gasteiger partial charge in [0.2, 0.25) is 0 Å². The summed E-state index contributed by atoms with van der Waals surface area (Å²) in [5.41, 5.74) is 0.750. The molecule has 0 unspecified atom stereocenters. The Bertz CT molecular complexity index is 463. The molecule has 20 heavy (non-hydrogen) atoms. The van der Waals surface area contributed by atoms with Gasteiger partial charge in [0.05, 0.1) is 11.5 Å². The fraction of sp³-hybridized carbons (Fsp3) is 0.500. The fourth-order valence-corrected chi connectivity index (χ4v) is 1.57. The van der Waals surface area contributed by atoms with Crippen LogP contribution in [0.25, 0.3) is 0 Å². The Morgan fingerprint density at radius 3 is 2.40 bits per heavy atom. The van der Waals surface area contributed by atoms with E-state index >= 15 is 0 Å². The maximum absolute atomic E-state index is 11.4. The summed E-state index contributed by atoms with van der Waals surface area (Å²) in [7, 11) is 0. The SMILES string of the molecule is CC(C)(C)NC(=O)OCCCc1ccc([N+](=O)[O-])cc1. The molecule has 0 saturated carbocycles. The average Bonchev–Trinajstić information content (AvgIpc) is 2.33. The molecule has 0 bridgehead atoms. The van der Waals surface area contributed by atoms with Gasteiger partial charge in [-0.1, -0.05) is 12.1 Å². The fourth-order valence-electron chi connectivity index (χ4n) is 1.57. The summed E-state index contributed by atoms with van der Waals surface area (Å²) >= 11 is 0. The van der Waals surface area contributed by atoms with E-state index in [-0.39, 0.29) is 11.2 Å².